The van der Waals surface area contributed by atoms with Crippen molar-refractivity contribution < 1.29 is 24.2 Å². The van der Waals surface area contributed by atoms with Gasteiger partial charge in [-0.05, 0) is 29.0 Å². The first kappa shape index (κ1) is 27.5. The van der Waals surface area contributed by atoms with Crippen LogP contribution >= 0.6 is 11.3 Å². The Hall–Kier alpha value is -3.53. The first-order valence-electron chi connectivity index (χ1n) is 12.6. The van der Waals surface area contributed by atoms with E-state index in [0.717, 1.165) is 5.56 Å². The molecule has 1 aromatic carbocycles. The van der Waals surface area contributed by atoms with Gasteiger partial charge < -0.3 is 14.6 Å². The van der Waals surface area contributed by atoms with E-state index in [2.05, 4.69) is 35.7 Å². The predicted octanol–water partition coefficient (Wildman–Crippen LogP) is 6.05. The summed E-state index contributed by atoms with van der Waals surface area (Å²) in [5.74, 6) is -0.127. The Morgan fingerprint density at radius 3 is 2.53 bits per heavy atom. The van der Waals surface area contributed by atoms with E-state index in [-0.39, 0.29) is 29.6 Å². The standard InChI is InChI=1S/C28H34N4O5S/c1-17(2)14-28(37-26(34)35)15-19(21-16-29-9-10-30-21)23(24-31-11-12-38-24)32(28)25(33)18-7-8-20(27(3,4)5)22(13-18)36-6/h7-13,16-17,19,23H,14-15H2,1-6H3,(H,34,35)/t19-,23+,28-/m0/s1. The highest BCUT2D eigenvalue weighted by molar-refractivity contribution is 7.09. The Labute approximate surface area is 226 Å². The summed E-state index contributed by atoms with van der Waals surface area (Å²) in [6, 6.07) is 4.77. The van der Waals surface area contributed by atoms with E-state index in [1.165, 1.54) is 11.3 Å². The number of carboxylic acid groups (broad SMARTS) is 1. The average molecular weight is 539 g/mol. The molecule has 0 aliphatic carbocycles. The maximum Gasteiger partial charge on any atom is 0.507 e. The Morgan fingerprint density at radius 2 is 1.97 bits per heavy atom. The second kappa shape index (κ2) is 10.7. The zero-order chi connectivity index (χ0) is 27.7. The Morgan fingerprint density at radius 1 is 1.21 bits per heavy atom. The van der Waals surface area contributed by atoms with Gasteiger partial charge in [-0.3, -0.25) is 19.7 Å². The van der Waals surface area contributed by atoms with Crippen LogP contribution < -0.4 is 4.74 Å². The van der Waals surface area contributed by atoms with Crippen LogP contribution in [0.5, 0.6) is 5.75 Å². The number of carbonyl (C=O) groups is 2. The van der Waals surface area contributed by atoms with Crippen molar-refractivity contribution in [3.63, 3.8) is 0 Å². The number of aromatic nitrogens is 3. The predicted molar refractivity (Wildman–Crippen MR) is 143 cm³/mol. The maximum atomic E-state index is 14.5. The molecule has 38 heavy (non-hydrogen) atoms. The van der Waals surface area contributed by atoms with Crippen molar-refractivity contribution in [2.75, 3.05) is 7.11 Å². The third kappa shape index (κ3) is 5.36. The first-order valence-corrected chi connectivity index (χ1v) is 13.4. The van der Waals surface area contributed by atoms with E-state index >= 15 is 0 Å². The molecule has 3 heterocycles. The minimum atomic E-state index is -1.44. The molecule has 0 bridgehead atoms. The summed E-state index contributed by atoms with van der Waals surface area (Å²) in [4.78, 5) is 41.5. The zero-order valence-corrected chi connectivity index (χ0v) is 23.4. The molecule has 1 aliphatic rings. The van der Waals surface area contributed by atoms with E-state index in [1.54, 1.807) is 48.9 Å². The maximum absolute atomic E-state index is 14.5. The highest BCUT2D eigenvalue weighted by Crippen LogP contribution is 2.55. The summed E-state index contributed by atoms with van der Waals surface area (Å²) in [7, 11) is 1.58. The van der Waals surface area contributed by atoms with Crippen LogP contribution in [0.25, 0.3) is 0 Å². The van der Waals surface area contributed by atoms with Crippen molar-refractivity contribution in [3.8, 4) is 5.75 Å². The normalized spacial score (nSPS) is 21.5. The molecule has 0 radical (unpaired) electrons. The lowest BCUT2D eigenvalue weighted by Crippen LogP contribution is -2.52. The summed E-state index contributed by atoms with van der Waals surface area (Å²) >= 11 is 1.41. The van der Waals surface area contributed by atoms with E-state index in [9.17, 15) is 14.7 Å². The van der Waals surface area contributed by atoms with Crippen molar-refractivity contribution in [1.82, 2.24) is 19.9 Å². The minimum Gasteiger partial charge on any atom is -0.496 e. The van der Waals surface area contributed by atoms with Gasteiger partial charge >= 0.3 is 6.16 Å². The first-order chi connectivity index (χ1) is 18.0. The highest BCUT2D eigenvalue weighted by atomic mass is 32.1. The van der Waals surface area contributed by atoms with Crippen LogP contribution in [0.1, 0.15) is 86.0 Å². The van der Waals surface area contributed by atoms with Gasteiger partial charge in [0, 0.05) is 54.5 Å². The smallest absolute Gasteiger partial charge is 0.496 e. The molecular formula is C28H34N4O5S. The molecule has 2 aromatic heterocycles. The molecule has 1 saturated heterocycles. The van der Waals surface area contributed by atoms with Gasteiger partial charge in [-0.15, -0.1) is 11.3 Å². The second-order valence-corrected chi connectivity index (χ2v) is 11.9. The number of methoxy groups -OCH3 is 1. The lowest BCUT2D eigenvalue weighted by atomic mass is 9.85. The average Bonchev–Trinajstić information content (AvgIpc) is 3.48. The summed E-state index contributed by atoms with van der Waals surface area (Å²) in [5, 5.41) is 12.4. The molecule has 1 amide bonds. The molecule has 0 unspecified atom stereocenters. The van der Waals surface area contributed by atoms with E-state index in [0.29, 0.717) is 28.4 Å². The number of likely N-dealkylation sites (tertiary alicyclic amines) is 1. The van der Waals surface area contributed by atoms with Gasteiger partial charge in [-0.25, -0.2) is 9.78 Å². The lowest BCUT2D eigenvalue weighted by molar-refractivity contribution is -0.108. The molecule has 4 rings (SSSR count). The second-order valence-electron chi connectivity index (χ2n) is 11.0. The Balaban J connectivity index is 1.93. The fraction of sp³-hybridized carbons (Fsp3) is 0.464. The van der Waals surface area contributed by atoms with Crippen LogP contribution in [0.4, 0.5) is 4.79 Å². The van der Waals surface area contributed by atoms with Crippen LogP contribution in [0.3, 0.4) is 0 Å². The van der Waals surface area contributed by atoms with Crippen molar-refractivity contribution in [3.05, 3.63) is 70.2 Å². The van der Waals surface area contributed by atoms with Gasteiger partial charge in [0.1, 0.15) is 10.8 Å². The third-order valence-electron chi connectivity index (χ3n) is 6.78. The molecule has 1 fully saturated rings. The molecule has 0 saturated carbocycles. The topological polar surface area (TPSA) is 115 Å². The molecule has 202 valence electrons. The zero-order valence-electron chi connectivity index (χ0n) is 22.5. The third-order valence-corrected chi connectivity index (χ3v) is 7.63. The highest BCUT2D eigenvalue weighted by Gasteiger charge is 2.59. The fourth-order valence-electron chi connectivity index (χ4n) is 5.43. The van der Waals surface area contributed by atoms with E-state index < -0.39 is 17.9 Å². The molecule has 10 heteroatoms. The van der Waals surface area contributed by atoms with Gasteiger partial charge in [0.2, 0.25) is 0 Å². The van der Waals surface area contributed by atoms with Gasteiger partial charge in [0.05, 0.1) is 18.8 Å². The number of hydrogen-bond acceptors (Lipinski definition) is 8. The quantitative estimate of drug-likeness (QED) is 0.362. The Kier molecular flexibility index (Phi) is 7.73. The molecule has 0 spiro atoms. The van der Waals surface area contributed by atoms with Crippen LogP contribution in [0.15, 0.2) is 48.4 Å². The van der Waals surface area contributed by atoms with Gasteiger partial charge in [-0.1, -0.05) is 40.7 Å². The number of hydrogen-bond donors (Lipinski definition) is 1. The number of ether oxygens (including phenoxy) is 2. The molecule has 1 aliphatic heterocycles. The fourth-order valence-corrected chi connectivity index (χ4v) is 6.22. The van der Waals surface area contributed by atoms with Crippen LogP contribution in [0.2, 0.25) is 0 Å². The van der Waals surface area contributed by atoms with E-state index in [4.69, 9.17) is 9.47 Å². The minimum absolute atomic E-state index is 0.0278. The number of carbonyl (C=O) groups excluding carboxylic acids is 1. The number of amides is 1. The van der Waals surface area contributed by atoms with Gasteiger partial charge in [0.15, 0.2) is 5.72 Å². The van der Waals surface area contributed by atoms with E-state index in [1.807, 2.05) is 25.3 Å². The van der Waals surface area contributed by atoms with Crippen molar-refractivity contribution in [1.29, 1.82) is 0 Å². The molecule has 9 nitrogen and oxygen atoms in total. The SMILES string of the molecule is COc1cc(C(=O)N2[C@@H](c3nccs3)[C@H](c3cnccn3)C[C@]2(CC(C)C)OC(=O)O)ccc1C(C)(C)C. The molecule has 1 N–H and O–H groups in total. The van der Waals surface area contributed by atoms with Crippen LogP contribution in [-0.2, 0) is 10.2 Å². The van der Waals surface area contributed by atoms with Crippen LogP contribution in [0, 0.1) is 5.92 Å². The number of nitrogens with zero attached hydrogens (tertiary/aromatic N) is 4. The van der Waals surface area contributed by atoms with Gasteiger partial charge in [0.25, 0.3) is 5.91 Å². The monoisotopic (exact) mass is 538 g/mol. The number of thiazole rings is 1. The van der Waals surface area contributed by atoms with Crippen molar-refractivity contribution in [2.24, 2.45) is 5.92 Å². The van der Waals surface area contributed by atoms with Crippen molar-refractivity contribution in [2.45, 2.75) is 70.6 Å². The lowest BCUT2D eigenvalue weighted by Gasteiger charge is -2.40. The Bertz CT molecular complexity index is 1280. The van der Waals surface area contributed by atoms with Gasteiger partial charge in [-0.2, -0.15) is 0 Å². The van der Waals surface area contributed by atoms with Crippen LogP contribution in [-0.4, -0.2) is 49.9 Å². The number of rotatable bonds is 7. The number of benzene rings is 1. The summed E-state index contributed by atoms with van der Waals surface area (Å²) in [6.07, 6.45) is 5.60. The van der Waals surface area contributed by atoms with Crippen molar-refractivity contribution >= 4 is 23.4 Å². The summed E-state index contributed by atoms with van der Waals surface area (Å²) in [5.41, 5.74) is 0.340. The summed E-state index contributed by atoms with van der Waals surface area (Å²) < 4.78 is 11.4. The molecule has 3 aromatic rings. The summed E-state index contributed by atoms with van der Waals surface area (Å²) in [6.45, 7) is 10.2. The largest absolute Gasteiger partial charge is 0.507 e. The molecule has 3 atom stereocenters. The molecular weight excluding hydrogens is 504 g/mol.